The smallest absolute Gasteiger partial charge is 0.248 e. The molecule has 1 heterocycles. The number of aromatic nitrogens is 1. The van der Waals surface area contributed by atoms with Crippen molar-refractivity contribution in [2.24, 2.45) is 0 Å². The Morgan fingerprint density at radius 2 is 1.80 bits per heavy atom. The van der Waals surface area contributed by atoms with E-state index in [1.165, 1.54) is 0 Å². The molecule has 0 spiro atoms. The number of nitrogens with zero attached hydrogens (tertiary/aromatic N) is 1. The minimum absolute atomic E-state index is 0.0601. The van der Waals surface area contributed by atoms with Gasteiger partial charge in [-0.1, -0.05) is 0 Å². The van der Waals surface area contributed by atoms with Crippen molar-refractivity contribution in [2.75, 3.05) is 6.61 Å². The van der Waals surface area contributed by atoms with Crippen LogP contribution in [0.25, 0.3) is 0 Å². The predicted octanol–water partition coefficient (Wildman–Crippen LogP) is 4.29. The highest BCUT2D eigenvalue weighted by molar-refractivity contribution is 5.49. The molecule has 0 bridgehead atoms. The second kappa shape index (κ2) is 8.86. The predicted molar refractivity (Wildman–Crippen MR) is 109 cm³/mol. The van der Waals surface area contributed by atoms with Gasteiger partial charge in [-0.05, 0) is 74.1 Å². The third-order valence-corrected chi connectivity index (χ3v) is 6.02. The summed E-state index contributed by atoms with van der Waals surface area (Å²) >= 11 is 0. The van der Waals surface area contributed by atoms with Crippen LogP contribution >= 0.6 is 0 Å². The van der Waals surface area contributed by atoms with Gasteiger partial charge in [-0.25, -0.2) is 8.78 Å². The molecule has 1 fully saturated rings. The molecule has 0 atom stereocenters. The van der Waals surface area contributed by atoms with E-state index in [1.807, 2.05) is 26.8 Å². The van der Waals surface area contributed by atoms with Gasteiger partial charge in [0.25, 0.3) is 0 Å². The summed E-state index contributed by atoms with van der Waals surface area (Å²) in [6, 6.07) is 5.23. The molecule has 1 saturated carbocycles. The molecule has 0 saturated heterocycles. The number of aliphatic hydroxyl groups is 2. The van der Waals surface area contributed by atoms with E-state index in [0.29, 0.717) is 30.7 Å². The molecule has 0 radical (unpaired) electrons. The molecular weight excluding hydrogens is 392 g/mol. The largest absolute Gasteiger partial charge is 0.506 e. The van der Waals surface area contributed by atoms with Crippen LogP contribution in [0.1, 0.15) is 65.2 Å². The van der Waals surface area contributed by atoms with Crippen molar-refractivity contribution >= 4 is 0 Å². The molecule has 1 aliphatic carbocycles. The van der Waals surface area contributed by atoms with Gasteiger partial charge in [0.05, 0.1) is 5.69 Å². The first kappa shape index (κ1) is 22.4. The third-order valence-electron chi connectivity index (χ3n) is 6.02. The zero-order valence-corrected chi connectivity index (χ0v) is 17.6. The molecule has 0 unspecified atom stereocenters. The van der Waals surface area contributed by atoms with Crippen LogP contribution < -0.4 is 4.74 Å². The third kappa shape index (κ3) is 5.08. The summed E-state index contributed by atoms with van der Waals surface area (Å²) in [4.78, 5) is 4.64. The maximum Gasteiger partial charge on any atom is 0.248 e. The van der Waals surface area contributed by atoms with Crippen LogP contribution in [0.15, 0.2) is 18.2 Å². The zero-order valence-electron chi connectivity index (χ0n) is 17.6. The second-order valence-electron chi connectivity index (χ2n) is 8.23. The first-order valence-electron chi connectivity index (χ1n) is 10.2. The Labute approximate surface area is 175 Å². The Bertz CT molecular complexity index is 905. The molecule has 2 aromatic rings. The molecule has 5 nitrogen and oxygen atoms in total. The molecule has 1 aliphatic rings. The summed E-state index contributed by atoms with van der Waals surface area (Å²) in [6.07, 6.45) is -0.718. The van der Waals surface area contributed by atoms with Crippen LogP contribution in [-0.4, -0.2) is 39.1 Å². The topological polar surface area (TPSA) is 82.8 Å². The standard InChI is InChI=1S/C23H29F2NO4/c1-13-10-20(30-12-21(28)29)15(3)14(2)18(13)11-17-4-5-19(27)22(26-17)16-6-8-23(24,25)9-7-16/h4-5,10,16,21,27-29H,6-9,11-12H2,1-3H3. The minimum atomic E-state index is -2.62. The fraction of sp³-hybridized carbons (Fsp3) is 0.522. The van der Waals surface area contributed by atoms with Gasteiger partial charge in [-0.3, -0.25) is 4.98 Å². The number of benzene rings is 1. The lowest BCUT2D eigenvalue weighted by Crippen LogP contribution is -2.24. The van der Waals surface area contributed by atoms with Crippen molar-refractivity contribution in [3.63, 3.8) is 0 Å². The maximum absolute atomic E-state index is 13.5. The van der Waals surface area contributed by atoms with E-state index in [0.717, 1.165) is 27.9 Å². The van der Waals surface area contributed by atoms with Crippen molar-refractivity contribution in [1.29, 1.82) is 0 Å². The van der Waals surface area contributed by atoms with Gasteiger partial charge in [0.1, 0.15) is 18.1 Å². The number of hydrogen-bond donors (Lipinski definition) is 3. The molecule has 0 aliphatic heterocycles. The second-order valence-corrected chi connectivity index (χ2v) is 8.23. The van der Waals surface area contributed by atoms with Gasteiger partial charge in [-0.2, -0.15) is 0 Å². The highest BCUT2D eigenvalue weighted by Crippen LogP contribution is 2.42. The van der Waals surface area contributed by atoms with Gasteiger partial charge >= 0.3 is 0 Å². The number of aryl methyl sites for hydroxylation is 1. The lowest BCUT2D eigenvalue weighted by atomic mass is 9.84. The maximum atomic E-state index is 13.5. The van der Waals surface area contributed by atoms with E-state index in [4.69, 9.17) is 14.9 Å². The van der Waals surface area contributed by atoms with Crippen LogP contribution in [-0.2, 0) is 6.42 Å². The molecule has 1 aromatic heterocycles. The van der Waals surface area contributed by atoms with Gasteiger partial charge in [-0.15, -0.1) is 0 Å². The van der Waals surface area contributed by atoms with Gasteiger partial charge in [0.15, 0.2) is 6.29 Å². The molecular formula is C23H29F2NO4. The summed E-state index contributed by atoms with van der Waals surface area (Å²) in [7, 11) is 0. The van der Waals surface area contributed by atoms with Crippen molar-refractivity contribution < 1.29 is 28.8 Å². The fourth-order valence-electron chi connectivity index (χ4n) is 4.09. The Morgan fingerprint density at radius 1 is 1.13 bits per heavy atom. The number of aliphatic hydroxyl groups excluding tert-OH is 1. The number of hydrogen-bond acceptors (Lipinski definition) is 5. The first-order valence-corrected chi connectivity index (χ1v) is 10.2. The molecule has 1 aromatic carbocycles. The van der Waals surface area contributed by atoms with Crippen molar-refractivity contribution in [3.8, 4) is 11.5 Å². The summed E-state index contributed by atoms with van der Waals surface area (Å²) < 4.78 is 32.5. The lowest BCUT2D eigenvalue weighted by molar-refractivity contribution is -0.0682. The van der Waals surface area contributed by atoms with E-state index in [2.05, 4.69) is 4.98 Å². The van der Waals surface area contributed by atoms with Gasteiger partial charge < -0.3 is 20.1 Å². The Morgan fingerprint density at radius 3 is 2.43 bits per heavy atom. The van der Waals surface area contributed by atoms with E-state index in [-0.39, 0.29) is 31.1 Å². The molecule has 3 rings (SSSR count). The molecule has 3 N–H and O–H groups in total. The van der Waals surface area contributed by atoms with Gasteiger partial charge in [0, 0.05) is 30.9 Å². The SMILES string of the molecule is Cc1cc(OCC(O)O)c(C)c(C)c1Cc1ccc(O)c(C2CCC(F)(F)CC2)n1. The van der Waals surface area contributed by atoms with E-state index < -0.39 is 12.2 Å². The number of aromatic hydroxyl groups is 1. The van der Waals surface area contributed by atoms with Crippen LogP contribution in [0.2, 0.25) is 0 Å². The highest BCUT2D eigenvalue weighted by Gasteiger charge is 2.36. The summed E-state index contributed by atoms with van der Waals surface area (Å²) in [5.74, 6) is -2.12. The van der Waals surface area contributed by atoms with E-state index >= 15 is 0 Å². The Hall–Kier alpha value is -2.25. The number of alkyl halides is 2. The Balaban J connectivity index is 1.84. The van der Waals surface area contributed by atoms with Crippen LogP contribution in [0.4, 0.5) is 8.78 Å². The number of pyridine rings is 1. The zero-order chi connectivity index (χ0) is 22.1. The molecule has 30 heavy (non-hydrogen) atoms. The minimum Gasteiger partial charge on any atom is -0.506 e. The van der Waals surface area contributed by atoms with Crippen LogP contribution in [0, 0.1) is 20.8 Å². The first-order chi connectivity index (χ1) is 14.1. The monoisotopic (exact) mass is 421 g/mol. The average molecular weight is 421 g/mol. The Kier molecular flexibility index (Phi) is 6.62. The summed E-state index contributed by atoms with van der Waals surface area (Å²) in [5, 5.41) is 28.3. The quantitative estimate of drug-likeness (QED) is 0.607. The number of ether oxygens (including phenoxy) is 1. The molecule has 0 amide bonds. The van der Waals surface area contributed by atoms with Crippen molar-refractivity contribution in [1.82, 2.24) is 4.98 Å². The number of halogens is 2. The highest BCUT2D eigenvalue weighted by atomic mass is 19.3. The van der Waals surface area contributed by atoms with E-state index in [1.54, 1.807) is 12.1 Å². The van der Waals surface area contributed by atoms with Crippen molar-refractivity contribution in [2.45, 2.75) is 71.0 Å². The molecule has 164 valence electrons. The lowest BCUT2D eigenvalue weighted by Gasteiger charge is -2.28. The normalized spacial score (nSPS) is 16.8. The van der Waals surface area contributed by atoms with E-state index in [9.17, 15) is 13.9 Å². The van der Waals surface area contributed by atoms with Crippen LogP contribution in [0.5, 0.6) is 11.5 Å². The fourth-order valence-corrected chi connectivity index (χ4v) is 4.09. The molecule has 7 heteroatoms. The number of rotatable bonds is 6. The van der Waals surface area contributed by atoms with Crippen LogP contribution in [0.3, 0.4) is 0 Å². The van der Waals surface area contributed by atoms with Crippen molar-refractivity contribution in [3.05, 3.63) is 51.8 Å². The summed E-state index contributed by atoms with van der Waals surface area (Å²) in [6.45, 7) is 5.64. The van der Waals surface area contributed by atoms with Gasteiger partial charge in [0.2, 0.25) is 5.92 Å². The summed E-state index contributed by atoms with van der Waals surface area (Å²) in [5.41, 5.74) is 5.26. The average Bonchev–Trinajstić information content (AvgIpc) is 2.68.